The molecule has 0 aliphatic carbocycles. The normalized spacial score (nSPS) is 12.0. The van der Waals surface area contributed by atoms with E-state index in [2.05, 4.69) is 31.3 Å². The van der Waals surface area contributed by atoms with E-state index >= 15 is 0 Å². The second kappa shape index (κ2) is 7.21. The van der Waals surface area contributed by atoms with Gasteiger partial charge < -0.3 is 5.32 Å². The third-order valence-electron chi connectivity index (χ3n) is 3.99. The van der Waals surface area contributed by atoms with Crippen LogP contribution in [0.1, 0.15) is 41.6 Å². The summed E-state index contributed by atoms with van der Waals surface area (Å²) in [5.74, 6) is -0.493. The van der Waals surface area contributed by atoms with E-state index in [4.69, 9.17) is 0 Å². The molecule has 116 valence electrons. The number of aryl methyl sites for hydroxylation is 2. The van der Waals surface area contributed by atoms with Crippen LogP contribution in [0.5, 0.6) is 0 Å². The smallest absolute Gasteiger partial charge is 0.225 e. The van der Waals surface area contributed by atoms with Crippen molar-refractivity contribution in [3.05, 3.63) is 70.5 Å². The van der Waals surface area contributed by atoms with Crippen molar-refractivity contribution in [3.8, 4) is 0 Å². The molecule has 0 saturated carbocycles. The van der Waals surface area contributed by atoms with Crippen molar-refractivity contribution in [1.82, 2.24) is 5.32 Å². The molecule has 0 aliphatic heterocycles. The Morgan fingerprint density at radius 2 is 1.86 bits per heavy atom. The van der Waals surface area contributed by atoms with E-state index in [1.807, 2.05) is 13.0 Å². The first kappa shape index (κ1) is 16.2. The van der Waals surface area contributed by atoms with Crippen molar-refractivity contribution >= 4 is 5.91 Å². The average Bonchev–Trinajstić information content (AvgIpc) is 2.50. The molecule has 0 fully saturated rings. The second-order valence-corrected chi connectivity index (χ2v) is 5.64. The van der Waals surface area contributed by atoms with Gasteiger partial charge in [0.25, 0.3) is 0 Å². The fourth-order valence-electron chi connectivity index (χ4n) is 2.46. The molecular formula is C19H22FNO. The third kappa shape index (κ3) is 3.94. The number of carbonyl (C=O) groups excluding carboxylic acids is 1. The zero-order valence-corrected chi connectivity index (χ0v) is 13.3. The molecule has 3 heteroatoms. The van der Waals surface area contributed by atoms with Gasteiger partial charge in [-0.2, -0.15) is 0 Å². The van der Waals surface area contributed by atoms with Gasteiger partial charge >= 0.3 is 0 Å². The van der Waals surface area contributed by atoms with Gasteiger partial charge in [0.2, 0.25) is 5.91 Å². The molecule has 1 N–H and O–H groups in total. The van der Waals surface area contributed by atoms with Crippen molar-refractivity contribution in [1.29, 1.82) is 0 Å². The first-order valence-electron chi connectivity index (χ1n) is 7.61. The molecule has 1 amide bonds. The number of halogens is 1. The largest absolute Gasteiger partial charge is 0.349 e. The third-order valence-corrected chi connectivity index (χ3v) is 3.99. The minimum atomic E-state index is -0.336. The van der Waals surface area contributed by atoms with Crippen molar-refractivity contribution < 1.29 is 9.18 Å². The summed E-state index contributed by atoms with van der Waals surface area (Å²) >= 11 is 0. The summed E-state index contributed by atoms with van der Waals surface area (Å²) in [5.41, 5.74) is 3.96. The van der Waals surface area contributed by atoms with Crippen LogP contribution in [0.3, 0.4) is 0 Å². The summed E-state index contributed by atoms with van der Waals surface area (Å²) in [6, 6.07) is 12.6. The Labute approximate surface area is 131 Å². The van der Waals surface area contributed by atoms with Gasteiger partial charge in [-0.05, 0) is 48.6 Å². The number of rotatable bonds is 5. The van der Waals surface area contributed by atoms with E-state index in [0.29, 0.717) is 5.56 Å². The van der Waals surface area contributed by atoms with E-state index in [9.17, 15) is 9.18 Å². The Bertz CT molecular complexity index is 666. The SMILES string of the molecule is CC[C@@H](NC(=O)Cc1ccccc1F)c1ccc(C)c(C)c1. The van der Waals surface area contributed by atoms with Crippen molar-refractivity contribution in [2.45, 2.75) is 39.7 Å². The van der Waals surface area contributed by atoms with Crippen LogP contribution in [0.15, 0.2) is 42.5 Å². The van der Waals surface area contributed by atoms with E-state index in [0.717, 1.165) is 12.0 Å². The minimum Gasteiger partial charge on any atom is -0.349 e. The molecule has 0 aromatic heterocycles. The van der Waals surface area contributed by atoms with Gasteiger partial charge in [-0.15, -0.1) is 0 Å². The van der Waals surface area contributed by atoms with Crippen LogP contribution in [0.2, 0.25) is 0 Å². The zero-order chi connectivity index (χ0) is 16.1. The summed E-state index contributed by atoms with van der Waals surface area (Å²) in [4.78, 5) is 12.2. The van der Waals surface area contributed by atoms with Crippen LogP contribution < -0.4 is 5.32 Å². The average molecular weight is 299 g/mol. The van der Waals surface area contributed by atoms with E-state index in [1.165, 1.54) is 17.2 Å². The number of benzene rings is 2. The molecule has 0 bridgehead atoms. The maximum absolute atomic E-state index is 13.6. The van der Waals surface area contributed by atoms with Crippen LogP contribution in [0, 0.1) is 19.7 Å². The number of hydrogen-bond donors (Lipinski definition) is 1. The Morgan fingerprint density at radius 1 is 1.14 bits per heavy atom. The van der Waals surface area contributed by atoms with Crippen molar-refractivity contribution in [2.24, 2.45) is 0 Å². The molecule has 1 atom stereocenters. The Balaban J connectivity index is 2.08. The first-order valence-corrected chi connectivity index (χ1v) is 7.61. The maximum atomic E-state index is 13.6. The molecule has 0 saturated heterocycles. The molecule has 2 rings (SSSR count). The van der Waals surface area contributed by atoms with Gasteiger partial charge in [0.15, 0.2) is 0 Å². The van der Waals surface area contributed by atoms with Gasteiger partial charge in [0, 0.05) is 0 Å². The number of hydrogen-bond acceptors (Lipinski definition) is 1. The van der Waals surface area contributed by atoms with Crippen molar-refractivity contribution in [2.75, 3.05) is 0 Å². The Morgan fingerprint density at radius 3 is 2.50 bits per heavy atom. The summed E-state index contributed by atoms with van der Waals surface area (Å²) in [6.45, 7) is 6.16. The van der Waals surface area contributed by atoms with Gasteiger partial charge in [-0.1, -0.05) is 43.3 Å². The van der Waals surface area contributed by atoms with Gasteiger partial charge in [-0.3, -0.25) is 4.79 Å². The molecule has 2 nitrogen and oxygen atoms in total. The molecule has 0 unspecified atom stereocenters. The lowest BCUT2D eigenvalue weighted by atomic mass is 9.99. The van der Waals surface area contributed by atoms with Crippen LogP contribution in [0.4, 0.5) is 4.39 Å². The molecule has 0 radical (unpaired) electrons. The van der Waals surface area contributed by atoms with Crippen LogP contribution in [-0.2, 0) is 11.2 Å². The van der Waals surface area contributed by atoms with Gasteiger partial charge in [0.1, 0.15) is 5.82 Å². The first-order chi connectivity index (χ1) is 10.5. The Hall–Kier alpha value is -2.16. The Kier molecular flexibility index (Phi) is 5.31. The highest BCUT2D eigenvalue weighted by Crippen LogP contribution is 2.20. The highest BCUT2D eigenvalue weighted by Gasteiger charge is 2.14. The minimum absolute atomic E-state index is 0.0430. The monoisotopic (exact) mass is 299 g/mol. The molecular weight excluding hydrogens is 277 g/mol. The van der Waals surface area contributed by atoms with Crippen LogP contribution in [-0.4, -0.2) is 5.91 Å². The number of nitrogens with one attached hydrogen (secondary N) is 1. The summed E-state index contributed by atoms with van der Waals surface area (Å²) in [5, 5.41) is 3.00. The van der Waals surface area contributed by atoms with E-state index < -0.39 is 0 Å². The molecule has 0 aliphatic rings. The lowest BCUT2D eigenvalue weighted by Crippen LogP contribution is -2.29. The summed E-state index contributed by atoms with van der Waals surface area (Å²) in [6.07, 6.45) is 0.861. The number of carbonyl (C=O) groups is 1. The quantitative estimate of drug-likeness (QED) is 0.878. The van der Waals surface area contributed by atoms with Gasteiger partial charge in [0.05, 0.1) is 12.5 Å². The maximum Gasteiger partial charge on any atom is 0.225 e. The molecule has 2 aromatic carbocycles. The zero-order valence-electron chi connectivity index (χ0n) is 13.3. The lowest BCUT2D eigenvalue weighted by Gasteiger charge is -2.19. The molecule has 0 heterocycles. The second-order valence-electron chi connectivity index (χ2n) is 5.64. The molecule has 2 aromatic rings. The topological polar surface area (TPSA) is 29.1 Å². The molecule has 0 spiro atoms. The highest BCUT2D eigenvalue weighted by molar-refractivity contribution is 5.79. The molecule has 22 heavy (non-hydrogen) atoms. The van der Waals surface area contributed by atoms with Crippen LogP contribution >= 0.6 is 0 Å². The van der Waals surface area contributed by atoms with Gasteiger partial charge in [-0.25, -0.2) is 4.39 Å². The van der Waals surface area contributed by atoms with E-state index in [-0.39, 0.29) is 24.2 Å². The number of amides is 1. The summed E-state index contributed by atoms with van der Waals surface area (Å²) in [7, 11) is 0. The summed E-state index contributed by atoms with van der Waals surface area (Å²) < 4.78 is 13.6. The lowest BCUT2D eigenvalue weighted by molar-refractivity contribution is -0.121. The van der Waals surface area contributed by atoms with Crippen molar-refractivity contribution in [3.63, 3.8) is 0 Å². The van der Waals surface area contributed by atoms with Crippen LogP contribution in [0.25, 0.3) is 0 Å². The standard InChI is InChI=1S/C19H22FNO/c1-4-18(16-10-9-13(2)14(3)11-16)21-19(22)12-15-7-5-6-8-17(15)20/h5-11,18H,4,12H2,1-3H3,(H,21,22)/t18-/m1/s1. The predicted octanol–water partition coefficient (Wildman–Crippen LogP) is 4.25. The fraction of sp³-hybridized carbons (Fsp3) is 0.316. The predicted molar refractivity (Wildman–Crippen MR) is 87.2 cm³/mol. The fourth-order valence-corrected chi connectivity index (χ4v) is 2.46. The van der Waals surface area contributed by atoms with E-state index in [1.54, 1.807) is 18.2 Å². The highest BCUT2D eigenvalue weighted by atomic mass is 19.1.